The average Bonchev–Trinajstić information content (AvgIpc) is 3.17. The number of hydrogen-bond donors (Lipinski definition) is 1. The number of fused-ring (bicyclic) bond motifs is 1. The lowest BCUT2D eigenvalue weighted by Gasteiger charge is -2.32. The van der Waals surface area contributed by atoms with Gasteiger partial charge in [0.25, 0.3) is 0 Å². The number of ether oxygens (including phenoxy) is 1. The number of carbonyl (C=O) groups is 4. The predicted molar refractivity (Wildman–Crippen MR) is 129 cm³/mol. The van der Waals surface area contributed by atoms with Gasteiger partial charge in [-0.05, 0) is 30.5 Å². The van der Waals surface area contributed by atoms with Crippen molar-refractivity contribution in [2.24, 2.45) is 0 Å². The summed E-state index contributed by atoms with van der Waals surface area (Å²) in [6.07, 6.45) is 5.54. The molecule has 0 atom stereocenters. The van der Waals surface area contributed by atoms with Crippen molar-refractivity contribution in [2.75, 3.05) is 22.9 Å². The molecule has 0 spiro atoms. The van der Waals surface area contributed by atoms with Crippen molar-refractivity contribution in [1.82, 2.24) is 4.90 Å². The Morgan fingerprint density at radius 2 is 1.43 bits per heavy atom. The van der Waals surface area contributed by atoms with E-state index >= 15 is 0 Å². The molecule has 35 heavy (non-hydrogen) atoms. The van der Waals surface area contributed by atoms with E-state index in [2.05, 4.69) is 0 Å². The van der Waals surface area contributed by atoms with Crippen molar-refractivity contribution >= 4 is 35.4 Å². The van der Waals surface area contributed by atoms with Crippen LogP contribution in [0.3, 0.4) is 0 Å². The molecule has 0 bridgehead atoms. The highest BCUT2D eigenvalue weighted by molar-refractivity contribution is 6.15. The number of urea groups is 2. The zero-order valence-electron chi connectivity index (χ0n) is 19.5. The second-order valence-corrected chi connectivity index (χ2v) is 8.78. The smallest absolute Gasteiger partial charge is 0.333 e. The number of amides is 4. The molecule has 0 unspecified atom stereocenters. The molecule has 1 aliphatic heterocycles. The van der Waals surface area contributed by atoms with Gasteiger partial charge in [0.15, 0.2) is 0 Å². The molecule has 1 saturated carbocycles. The fraction of sp³-hybridized carbons (Fsp3) is 0.385. The van der Waals surface area contributed by atoms with Crippen LogP contribution in [0.1, 0.15) is 44.1 Å². The van der Waals surface area contributed by atoms with Gasteiger partial charge in [-0.2, -0.15) is 0 Å². The molecule has 184 valence electrons. The molecule has 0 saturated heterocycles. The van der Waals surface area contributed by atoms with Crippen molar-refractivity contribution in [3.63, 3.8) is 0 Å². The third-order valence-electron chi connectivity index (χ3n) is 6.34. The summed E-state index contributed by atoms with van der Waals surface area (Å²) in [4.78, 5) is 54.9. The van der Waals surface area contributed by atoms with Gasteiger partial charge in [-0.15, -0.1) is 0 Å². The quantitative estimate of drug-likeness (QED) is 0.466. The van der Waals surface area contributed by atoms with E-state index in [0.717, 1.165) is 49.0 Å². The summed E-state index contributed by atoms with van der Waals surface area (Å²) >= 11 is 0. The van der Waals surface area contributed by atoms with Gasteiger partial charge in [-0.25, -0.2) is 14.5 Å². The molecule has 1 fully saturated rings. The van der Waals surface area contributed by atoms with Gasteiger partial charge in [-0.3, -0.25) is 19.4 Å². The number of carboxylic acids is 1. The molecule has 4 rings (SSSR count). The van der Waals surface area contributed by atoms with Crippen LogP contribution in [0.5, 0.6) is 0 Å². The van der Waals surface area contributed by atoms with Crippen LogP contribution in [-0.2, 0) is 20.9 Å². The molecule has 4 amide bonds. The van der Waals surface area contributed by atoms with E-state index in [-0.39, 0.29) is 12.6 Å². The molecular weight excluding hydrogens is 450 g/mol. The minimum atomic E-state index is -1.31. The van der Waals surface area contributed by atoms with Crippen LogP contribution >= 0.6 is 0 Å². The molecular formula is C26H29N3O6. The highest BCUT2D eigenvalue weighted by atomic mass is 16.5. The Hall–Kier alpha value is -3.88. The zero-order chi connectivity index (χ0) is 24.8. The number of carboxylic acid groups (broad SMARTS) is 1. The molecule has 1 N–H and O–H groups in total. The van der Waals surface area contributed by atoms with E-state index in [1.807, 2.05) is 30.3 Å². The maximum absolute atomic E-state index is 13.6. The van der Waals surface area contributed by atoms with E-state index in [4.69, 9.17) is 4.74 Å². The molecule has 2 aromatic rings. The Balaban J connectivity index is 1.66. The number of benzene rings is 2. The average molecular weight is 480 g/mol. The summed E-state index contributed by atoms with van der Waals surface area (Å²) in [6.45, 7) is -1.22. The number of hydrogen-bond acceptors (Lipinski definition) is 5. The second-order valence-electron chi connectivity index (χ2n) is 8.78. The van der Waals surface area contributed by atoms with E-state index < -0.39 is 37.1 Å². The van der Waals surface area contributed by atoms with Gasteiger partial charge in [0, 0.05) is 6.04 Å². The highest BCUT2D eigenvalue weighted by Crippen LogP contribution is 2.37. The predicted octanol–water partition coefficient (Wildman–Crippen LogP) is 4.41. The number of rotatable bonds is 7. The molecule has 9 nitrogen and oxygen atoms in total. The number of para-hydroxylation sites is 2. The number of esters is 1. The monoisotopic (exact) mass is 479 g/mol. The first-order valence-corrected chi connectivity index (χ1v) is 11.9. The molecule has 2 aromatic carbocycles. The lowest BCUT2D eigenvalue weighted by molar-refractivity contribution is -0.143. The fourth-order valence-corrected chi connectivity index (χ4v) is 4.66. The maximum atomic E-state index is 13.6. The molecule has 1 heterocycles. The minimum Gasteiger partial charge on any atom is -0.480 e. The van der Waals surface area contributed by atoms with Gasteiger partial charge in [0.1, 0.15) is 19.7 Å². The number of nitrogens with zero attached hydrogens (tertiary/aromatic N) is 3. The molecule has 0 aromatic heterocycles. The van der Waals surface area contributed by atoms with Gasteiger partial charge in [0.2, 0.25) is 0 Å². The first kappa shape index (κ1) is 24.3. The molecule has 2 aliphatic rings. The lowest BCUT2D eigenvalue weighted by atomic mass is 10.1. The normalized spacial score (nSPS) is 17.0. The number of imide groups is 1. The van der Waals surface area contributed by atoms with Crippen LogP contribution < -0.4 is 9.80 Å². The minimum absolute atomic E-state index is 0.0370. The largest absolute Gasteiger partial charge is 0.480 e. The number of aliphatic carboxylic acids is 1. The lowest BCUT2D eigenvalue weighted by Crippen LogP contribution is -2.53. The Morgan fingerprint density at radius 1 is 0.800 bits per heavy atom. The van der Waals surface area contributed by atoms with E-state index in [1.165, 1.54) is 0 Å². The van der Waals surface area contributed by atoms with Crippen LogP contribution in [0.25, 0.3) is 0 Å². The van der Waals surface area contributed by atoms with E-state index in [9.17, 15) is 24.3 Å². The van der Waals surface area contributed by atoms with Crippen molar-refractivity contribution in [3.05, 3.63) is 60.2 Å². The summed E-state index contributed by atoms with van der Waals surface area (Å²) in [5.74, 6) is -1.98. The van der Waals surface area contributed by atoms with Gasteiger partial charge < -0.3 is 9.84 Å². The van der Waals surface area contributed by atoms with Crippen molar-refractivity contribution in [3.8, 4) is 0 Å². The van der Waals surface area contributed by atoms with Crippen LogP contribution in [0.4, 0.5) is 21.0 Å². The van der Waals surface area contributed by atoms with E-state index in [1.54, 1.807) is 29.2 Å². The SMILES string of the molecule is O=C(O)CN1C(=O)N(CC(=O)OCc2ccccc2)c2ccccc2N(C2CCCCCC2)C1=O. The standard InChI is InChI=1S/C26H29N3O6/c30-23(31)16-28-25(33)27(17-24(32)35-18-19-10-4-3-5-11-19)21-14-8-9-15-22(21)29(26(28)34)20-12-6-1-2-7-13-20/h3-5,8-11,14-15,20H,1-2,6-7,12-13,16-18H2,(H,30,31). The topological polar surface area (TPSA) is 107 Å². The van der Waals surface area contributed by atoms with Gasteiger partial charge in [-0.1, -0.05) is 68.1 Å². The fourth-order valence-electron chi connectivity index (χ4n) is 4.66. The number of carbonyl (C=O) groups excluding carboxylic acids is 3. The Labute approximate surface area is 203 Å². The van der Waals surface area contributed by atoms with Crippen LogP contribution in [0, 0.1) is 0 Å². The van der Waals surface area contributed by atoms with Crippen LogP contribution in [-0.4, -0.2) is 53.1 Å². The third-order valence-corrected chi connectivity index (χ3v) is 6.34. The second kappa shape index (κ2) is 11.0. The van der Waals surface area contributed by atoms with Gasteiger partial charge >= 0.3 is 24.0 Å². The van der Waals surface area contributed by atoms with Crippen LogP contribution in [0.2, 0.25) is 0 Å². The third kappa shape index (κ3) is 5.62. The highest BCUT2D eigenvalue weighted by Gasteiger charge is 2.42. The Kier molecular flexibility index (Phi) is 7.64. The molecule has 1 aliphatic carbocycles. The Morgan fingerprint density at radius 3 is 2.09 bits per heavy atom. The zero-order valence-corrected chi connectivity index (χ0v) is 19.5. The maximum Gasteiger partial charge on any atom is 0.333 e. The first-order valence-electron chi connectivity index (χ1n) is 11.9. The van der Waals surface area contributed by atoms with E-state index in [0.29, 0.717) is 16.3 Å². The van der Waals surface area contributed by atoms with Gasteiger partial charge in [0.05, 0.1) is 11.4 Å². The van der Waals surface area contributed by atoms with Crippen molar-refractivity contribution in [2.45, 2.75) is 51.2 Å². The first-order chi connectivity index (χ1) is 17.0. The van der Waals surface area contributed by atoms with Crippen LogP contribution in [0.15, 0.2) is 54.6 Å². The number of anilines is 2. The summed E-state index contributed by atoms with van der Waals surface area (Å²) in [6, 6.07) is 14.3. The van der Waals surface area contributed by atoms with Crippen molar-refractivity contribution < 1.29 is 29.0 Å². The summed E-state index contributed by atoms with van der Waals surface area (Å²) in [5, 5.41) is 9.46. The molecule has 9 heteroatoms. The van der Waals surface area contributed by atoms with Crippen molar-refractivity contribution in [1.29, 1.82) is 0 Å². The summed E-state index contributed by atoms with van der Waals surface area (Å²) in [7, 11) is 0. The summed E-state index contributed by atoms with van der Waals surface area (Å²) in [5.41, 5.74) is 1.66. The Bertz CT molecular complexity index is 1080. The summed E-state index contributed by atoms with van der Waals surface area (Å²) < 4.78 is 5.37. The molecule has 0 radical (unpaired) electrons.